The zero-order chi connectivity index (χ0) is 12.8. The summed E-state index contributed by atoms with van der Waals surface area (Å²) in [6, 6.07) is 2.03. The summed E-state index contributed by atoms with van der Waals surface area (Å²) >= 11 is 0. The van der Waals surface area contributed by atoms with Gasteiger partial charge in [-0.15, -0.1) is 0 Å². The number of nitrogens with zero attached hydrogens (tertiary/aromatic N) is 3. The molecule has 1 aliphatic rings. The Morgan fingerprint density at radius 2 is 2.24 bits per heavy atom. The van der Waals surface area contributed by atoms with Crippen molar-refractivity contribution in [3.63, 3.8) is 0 Å². The van der Waals surface area contributed by atoms with Crippen LogP contribution in [-0.4, -0.2) is 48.3 Å². The first kappa shape index (κ1) is 13.5. The molecule has 0 aliphatic carbocycles. The van der Waals surface area contributed by atoms with E-state index < -0.39 is 5.92 Å². The number of amides is 2. The van der Waals surface area contributed by atoms with Crippen molar-refractivity contribution in [3.8, 4) is 6.07 Å². The lowest BCUT2D eigenvalue weighted by Gasteiger charge is -2.22. The lowest BCUT2D eigenvalue weighted by atomic mass is 10.0. The van der Waals surface area contributed by atoms with Gasteiger partial charge in [-0.2, -0.15) is 5.26 Å². The van der Waals surface area contributed by atoms with Crippen molar-refractivity contribution in [2.24, 2.45) is 5.92 Å². The Morgan fingerprint density at radius 1 is 1.53 bits per heavy atom. The minimum absolute atomic E-state index is 0.0518. The van der Waals surface area contributed by atoms with Crippen molar-refractivity contribution in [1.82, 2.24) is 9.80 Å². The van der Waals surface area contributed by atoms with Gasteiger partial charge in [0.15, 0.2) is 0 Å². The average molecular weight is 237 g/mol. The van der Waals surface area contributed by atoms with Crippen molar-refractivity contribution >= 4 is 11.8 Å². The third-order valence-electron chi connectivity index (χ3n) is 3.02. The summed E-state index contributed by atoms with van der Waals surface area (Å²) in [5.74, 6) is -0.849. The lowest BCUT2D eigenvalue weighted by Crippen LogP contribution is -2.40. The topological polar surface area (TPSA) is 64.4 Å². The van der Waals surface area contributed by atoms with Crippen LogP contribution in [0.25, 0.3) is 0 Å². The van der Waals surface area contributed by atoms with Gasteiger partial charge in [-0.3, -0.25) is 9.59 Å². The van der Waals surface area contributed by atoms with Crippen molar-refractivity contribution in [2.45, 2.75) is 26.2 Å². The van der Waals surface area contributed by atoms with E-state index in [2.05, 4.69) is 0 Å². The molecule has 0 saturated carbocycles. The van der Waals surface area contributed by atoms with Crippen LogP contribution in [0.5, 0.6) is 0 Å². The molecule has 0 radical (unpaired) electrons. The maximum atomic E-state index is 12.1. The summed E-state index contributed by atoms with van der Waals surface area (Å²) in [4.78, 5) is 26.9. The molecule has 0 aromatic rings. The van der Waals surface area contributed by atoms with Gasteiger partial charge in [0.2, 0.25) is 11.8 Å². The first-order valence-electron chi connectivity index (χ1n) is 6.02. The molecule has 1 saturated heterocycles. The number of hydrogen-bond donors (Lipinski definition) is 0. The minimum atomic E-state index is -0.601. The molecule has 0 aromatic carbocycles. The fraction of sp³-hybridized carbons (Fsp3) is 0.750. The largest absolute Gasteiger partial charge is 0.344 e. The molecule has 1 fully saturated rings. The first-order valence-corrected chi connectivity index (χ1v) is 6.02. The van der Waals surface area contributed by atoms with Crippen molar-refractivity contribution in [2.75, 3.05) is 26.7 Å². The Hall–Kier alpha value is -1.57. The van der Waals surface area contributed by atoms with Crippen molar-refractivity contribution in [3.05, 3.63) is 0 Å². The SMILES string of the molecule is CCCC(C#N)C(=O)N1CCCN(C)C(=O)C1. The van der Waals surface area contributed by atoms with E-state index in [4.69, 9.17) is 5.26 Å². The number of hydrogen-bond acceptors (Lipinski definition) is 3. The van der Waals surface area contributed by atoms with E-state index in [0.29, 0.717) is 19.5 Å². The van der Waals surface area contributed by atoms with Gasteiger partial charge < -0.3 is 9.80 Å². The van der Waals surface area contributed by atoms with E-state index in [9.17, 15) is 9.59 Å². The second-order valence-electron chi connectivity index (χ2n) is 4.40. The van der Waals surface area contributed by atoms with Gasteiger partial charge >= 0.3 is 0 Å². The highest BCUT2D eigenvalue weighted by molar-refractivity contribution is 5.87. The second-order valence-corrected chi connectivity index (χ2v) is 4.40. The Morgan fingerprint density at radius 3 is 2.82 bits per heavy atom. The van der Waals surface area contributed by atoms with Crippen LogP contribution in [0.15, 0.2) is 0 Å². The van der Waals surface area contributed by atoms with E-state index in [0.717, 1.165) is 12.8 Å². The standard InChI is InChI=1S/C12H19N3O2/c1-3-5-10(8-13)12(17)15-7-4-6-14(2)11(16)9-15/h10H,3-7,9H2,1-2H3. The maximum Gasteiger partial charge on any atom is 0.241 e. The molecule has 0 bridgehead atoms. The highest BCUT2D eigenvalue weighted by Crippen LogP contribution is 2.12. The molecule has 1 atom stereocenters. The quantitative estimate of drug-likeness (QED) is 0.722. The van der Waals surface area contributed by atoms with Gasteiger partial charge in [0.25, 0.3) is 0 Å². The van der Waals surface area contributed by atoms with Crippen molar-refractivity contribution < 1.29 is 9.59 Å². The Labute approximate surface area is 102 Å². The monoisotopic (exact) mass is 237 g/mol. The van der Waals surface area contributed by atoms with Crippen LogP contribution in [0, 0.1) is 17.2 Å². The predicted molar refractivity (Wildman–Crippen MR) is 62.8 cm³/mol. The number of nitriles is 1. The van der Waals surface area contributed by atoms with Crippen LogP contribution in [0.1, 0.15) is 26.2 Å². The van der Waals surface area contributed by atoms with Gasteiger partial charge in [0, 0.05) is 20.1 Å². The molecule has 5 heteroatoms. The Balaban J connectivity index is 2.68. The molecular weight excluding hydrogens is 218 g/mol. The summed E-state index contributed by atoms with van der Waals surface area (Å²) in [6.07, 6.45) is 2.14. The predicted octanol–water partition coefficient (Wildman–Crippen LogP) is 0.617. The molecule has 1 heterocycles. The molecule has 0 aromatic heterocycles. The third kappa shape index (κ3) is 3.45. The van der Waals surface area contributed by atoms with Crippen LogP contribution in [0.2, 0.25) is 0 Å². The normalized spacial score (nSPS) is 18.5. The zero-order valence-corrected chi connectivity index (χ0v) is 10.5. The summed E-state index contributed by atoms with van der Waals surface area (Å²) in [5.41, 5.74) is 0. The highest BCUT2D eigenvalue weighted by atomic mass is 16.2. The smallest absolute Gasteiger partial charge is 0.241 e. The maximum absolute atomic E-state index is 12.1. The van der Waals surface area contributed by atoms with Crippen LogP contribution in [0.3, 0.4) is 0 Å². The van der Waals surface area contributed by atoms with Crippen LogP contribution in [-0.2, 0) is 9.59 Å². The van der Waals surface area contributed by atoms with Gasteiger partial charge in [0.1, 0.15) is 5.92 Å². The molecule has 1 unspecified atom stereocenters. The van der Waals surface area contributed by atoms with Gasteiger partial charge in [-0.1, -0.05) is 13.3 Å². The highest BCUT2D eigenvalue weighted by Gasteiger charge is 2.27. The average Bonchev–Trinajstić information content (AvgIpc) is 2.48. The molecule has 1 aliphatic heterocycles. The van der Waals surface area contributed by atoms with Crippen molar-refractivity contribution in [1.29, 1.82) is 5.26 Å². The Bertz CT molecular complexity index is 335. The van der Waals surface area contributed by atoms with Crippen LogP contribution < -0.4 is 0 Å². The van der Waals surface area contributed by atoms with Gasteiger partial charge in [0.05, 0.1) is 12.6 Å². The van der Waals surface area contributed by atoms with E-state index in [1.54, 1.807) is 11.9 Å². The molecule has 94 valence electrons. The van der Waals surface area contributed by atoms with E-state index in [-0.39, 0.29) is 18.4 Å². The van der Waals surface area contributed by atoms with E-state index in [1.165, 1.54) is 4.90 Å². The molecule has 0 spiro atoms. The second kappa shape index (κ2) is 6.24. The van der Waals surface area contributed by atoms with E-state index >= 15 is 0 Å². The summed E-state index contributed by atoms with van der Waals surface area (Å²) in [5, 5.41) is 8.95. The first-order chi connectivity index (χ1) is 8.10. The molecule has 2 amide bonds. The zero-order valence-electron chi connectivity index (χ0n) is 10.5. The molecule has 17 heavy (non-hydrogen) atoms. The number of carbonyl (C=O) groups is 2. The Kier molecular flexibility index (Phi) is 4.95. The summed E-state index contributed by atoms with van der Waals surface area (Å²) in [7, 11) is 1.74. The van der Waals surface area contributed by atoms with Gasteiger partial charge in [-0.25, -0.2) is 0 Å². The molecule has 1 rings (SSSR count). The number of carbonyl (C=O) groups excluding carboxylic acids is 2. The lowest BCUT2D eigenvalue weighted by molar-refractivity contribution is -0.139. The number of rotatable bonds is 3. The number of likely N-dealkylation sites (N-methyl/N-ethyl adjacent to an activating group) is 1. The van der Waals surface area contributed by atoms with Crippen LogP contribution in [0.4, 0.5) is 0 Å². The van der Waals surface area contributed by atoms with Gasteiger partial charge in [-0.05, 0) is 12.8 Å². The third-order valence-corrected chi connectivity index (χ3v) is 3.02. The fourth-order valence-electron chi connectivity index (χ4n) is 1.93. The molecule has 0 N–H and O–H groups in total. The molecule has 5 nitrogen and oxygen atoms in total. The minimum Gasteiger partial charge on any atom is -0.344 e. The van der Waals surface area contributed by atoms with Crippen LogP contribution >= 0.6 is 0 Å². The fourth-order valence-corrected chi connectivity index (χ4v) is 1.93. The molecular formula is C12H19N3O2. The van der Waals surface area contributed by atoms with E-state index in [1.807, 2.05) is 13.0 Å². The summed E-state index contributed by atoms with van der Waals surface area (Å²) < 4.78 is 0. The summed E-state index contributed by atoms with van der Waals surface area (Å²) in [6.45, 7) is 3.29.